The summed E-state index contributed by atoms with van der Waals surface area (Å²) in [7, 11) is -3.06. The molecule has 0 aliphatic heterocycles. The van der Waals surface area contributed by atoms with E-state index in [0.717, 1.165) is 0 Å². The summed E-state index contributed by atoms with van der Waals surface area (Å²) in [5.41, 5.74) is 0. The second kappa shape index (κ2) is 6.68. The van der Waals surface area contributed by atoms with Gasteiger partial charge in [0, 0.05) is 0 Å². The molecule has 0 aromatic rings. The van der Waals surface area contributed by atoms with Gasteiger partial charge in [-0.1, -0.05) is 27.7 Å². The molecule has 2 unspecified atom stereocenters. The maximum absolute atomic E-state index is 6.40. The molecular formula is C14H34O2Si2. The third-order valence-corrected chi connectivity index (χ3v) is 4.58. The molecule has 0 N–H and O–H groups in total. The molecule has 0 saturated carbocycles. The first-order chi connectivity index (χ1) is 7.83. The zero-order chi connectivity index (χ0) is 14.7. The second-order valence-corrected chi connectivity index (χ2v) is 16.8. The van der Waals surface area contributed by atoms with Crippen LogP contribution in [0.25, 0.3) is 0 Å². The quantitative estimate of drug-likeness (QED) is 0.631. The van der Waals surface area contributed by atoms with Gasteiger partial charge in [-0.3, -0.25) is 0 Å². The molecule has 0 radical (unpaired) electrons. The minimum Gasteiger partial charge on any atom is -0.412 e. The van der Waals surface area contributed by atoms with Crippen molar-refractivity contribution >= 4 is 16.6 Å². The van der Waals surface area contributed by atoms with Gasteiger partial charge in [0.25, 0.3) is 0 Å². The Morgan fingerprint density at radius 2 is 0.778 bits per heavy atom. The zero-order valence-corrected chi connectivity index (χ0v) is 16.1. The van der Waals surface area contributed by atoms with E-state index in [-0.39, 0.29) is 12.2 Å². The predicted octanol–water partition coefficient (Wildman–Crippen LogP) is 4.74. The lowest BCUT2D eigenvalue weighted by Crippen LogP contribution is -2.49. The van der Waals surface area contributed by atoms with Crippen molar-refractivity contribution in [1.82, 2.24) is 0 Å². The van der Waals surface area contributed by atoms with E-state index in [0.29, 0.717) is 11.8 Å². The zero-order valence-electron chi connectivity index (χ0n) is 14.1. The Hall–Kier alpha value is 0.354. The van der Waals surface area contributed by atoms with Crippen LogP contribution in [0.3, 0.4) is 0 Å². The van der Waals surface area contributed by atoms with Crippen molar-refractivity contribution in [1.29, 1.82) is 0 Å². The molecule has 0 aromatic heterocycles. The van der Waals surface area contributed by atoms with Crippen molar-refractivity contribution in [3.8, 4) is 0 Å². The Labute approximate surface area is 117 Å². The van der Waals surface area contributed by atoms with E-state index in [9.17, 15) is 0 Å². The minimum absolute atomic E-state index is 0.225. The summed E-state index contributed by atoms with van der Waals surface area (Å²) < 4.78 is 12.8. The Kier molecular flexibility index (Phi) is 6.81. The summed E-state index contributed by atoms with van der Waals surface area (Å²) >= 11 is 0. The lowest BCUT2D eigenvalue weighted by Gasteiger charge is -2.40. The van der Waals surface area contributed by atoms with Gasteiger partial charge in [-0.25, -0.2) is 0 Å². The molecule has 4 heteroatoms. The van der Waals surface area contributed by atoms with Gasteiger partial charge in [0.15, 0.2) is 16.6 Å². The summed E-state index contributed by atoms with van der Waals surface area (Å²) in [4.78, 5) is 0. The van der Waals surface area contributed by atoms with E-state index >= 15 is 0 Å². The van der Waals surface area contributed by atoms with Crippen molar-refractivity contribution in [2.45, 2.75) is 79.2 Å². The molecule has 0 amide bonds. The largest absolute Gasteiger partial charge is 0.412 e. The molecule has 2 nitrogen and oxygen atoms in total. The summed E-state index contributed by atoms with van der Waals surface area (Å²) in [5, 5.41) is 0. The summed E-state index contributed by atoms with van der Waals surface area (Å²) in [6, 6.07) is 0. The van der Waals surface area contributed by atoms with Crippen molar-refractivity contribution in [2.75, 3.05) is 0 Å². The lowest BCUT2D eigenvalue weighted by atomic mass is 9.94. The smallest absolute Gasteiger partial charge is 0.184 e. The van der Waals surface area contributed by atoms with Gasteiger partial charge in [0.2, 0.25) is 0 Å². The second-order valence-electron chi connectivity index (χ2n) is 7.88. The highest BCUT2D eigenvalue weighted by Gasteiger charge is 2.35. The van der Waals surface area contributed by atoms with Crippen LogP contribution in [-0.4, -0.2) is 28.8 Å². The van der Waals surface area contributed by atoms with Crippen molar-refractivity contribution in [3.05, 3.63) is 0 Å². The van der Waals surface area contributed by atoms with E-state index in [1.807, 2.05) is 0 Å². The number of hydrogen-bond donors (Lipinski definition) is 0. The fourth-order valence-electron chi connectivity index (χ4n) is 1.98. The van der Waals surface area contributed by atoms with Crippen LogP contribution in [0.4, 0.5) is 0 Å². The molecule has 0 aliphatic rings. The third kappa shape index (κ3) is 7.72. The average Bonchev–Trinajstić information content (AvgIpc) is 2.06. The summed E-state index contributed by atoms with van der Waals surface area (Å²) in [6.45, 7) is 22.5. The Morgan fingerprint density at radius 1 is 0.556 bits per heavy atom. The first-order valence-electron chi connectivity index (χ1n) is 7.19. The molecule has 110 valence electrons. The van der Waals surface area contributed by atoms with E-state index in [4.69, 9.17) is 8.85 Å². The lowest BCUT2D eigenvalue weighted by molar-refractivity contribution is -0.00979. The Morgan fingerprint density at radius 3 is 0.889 bits per heavy atom. The highest BCUT2D eigenvalue weighted by atomic mass is 28.4. The summed E-state index contributed by atoms with van der Waals surface area (Å²) in [6.07, 6.45) is 0.451. The Balaban J connectivity index is 5.01. The molecular weight excluding hydrogens is 256 g/mol. The molecule has 0 aromatic carbocycles. The van der Waals surface area contributed by atoms with Crippen LogP contribution in [0.5, 0.6) is 0 Å². The maximum Gasteiger partial charge on any atom is 0.184 e. The standard InChI is InChI=1S/C14H34O2Si2/c1-11(2)13(15-17(5,6)7)14(12(3)4)16-18(8,9)10/h11-14H,1-10H3. The topological polar surface area (TPSA) is 18.5 Å². The summed E-state index contributed by atoms with van der Waals surface area (Å²) in [5.74, 6) is 1.00. The van der Waals surface area contributed by atoms with Crippen LogP contribution in [0.15, 0.2) is 0 Å². The molecule has 0 saturated heterocycles. The van der Waals surface area contributed by atoms with Gasteiger partial charge in [-0.15, -0.1) is 0 Å². The third-order valence-electron chi connectivity index (χ3n) is 2.62. The highest BCUT2D eigenvalue weighted by molar-refractivity contribution is 6.70. The highest BCUT2D eigenvalue weighted by Crippen LogP contribution is 2.26. The van der Waals surface area contributed by atoms with E-state index in [2.05, 4.69) is 67.0 Å². The van der Waals surface area contributed by atoms with Crippen LogP contribution in [0.2, 0.25) is 39.3 Å². The van der Waals surface area contributed by atoms with Crippen molar-refractivity contribution < 1.29 is 8.85 Å². The fraction of sp³-hybridized carbons (Fsp3) is 1.00. The van der Waals surface area contributed by atoms with E-state index in [1.54, 1.807) is 0 Å². The molecule has 0 rings (SSSR count). The van der Waals surface area contributed by atoms with Gasteiger partial charge in [-0.2, -0.15) is 0 Å². The van der Waals surface area contributed by atoms with E-state index < -0.39 is 16.6 Å². The normalized spacial score (nSPS) is 17.3. The SMILES string of the molecule is CC(C)C(O[Si](C)(C)C)C(O[Si](C)(C)C)C(C)C. The molecule has 0 fully saturated rings. The molecule has 2 atom stereocenters. The van der Waals surface area contributed by atoms with Gasteiger partial charge in [0.05, 0.1) is 12.2 Å². The van der Waals surface area contributed by atoms with Crippen molar-refractivity contribution in [3.63, 3.8) is 0 Å². The van der Waals surface area contributed by atoms with Crippen LogP contribution in [0, 0.1) is 11.8 Å². The molecule has 0 spiro atoms. The monoisotopic (exact) mass is 290 g/mol. The number of hydrogen-bond acceptors (Lipinski definition) is 2. The average molecular weight is 291 g/mol. The maximum atomic E-state index is 6.40. The molecule has 0 aliphatic carbocycles. The molecule has 18 heavy (non-hydrogen) atoms. The number of rotatable bonds is 7. The first kappa shape index (κ1) is 18.4. The van der Waals surface area contributed by atoms with Crippen LogP contribution >= 0.6 is 0 Å². The predicted molar refractivity (Wildman–Crippen MR) is 86.1 cm³/mol. The first-order valence-corrected chi connectivity index (χ1v) is 14.0. The van der Waals surface area contributed by atoms with Gasteiger partial charge < -0.3 is 8.85 Å². The van der Waals surface area contributed by atoms with Gasteiger partial charge >= 0.3 is 0 Å². The van der Waals surface area contributed by atoms with Crippen LogP contribution in [-0.2, 0) is 8.85 Å². The van der Waals surface area contributed by atoms with Gasteiger partial charge in [0.1, 0.15) is 0 Å². The fourth-order valence-corrected chi connectivity index (χ4v) is 4.43. The Bertz CT molecular complexity index is 213. The van der Waals surface area contributed by atoms with Crippen molar-refractivity contribution in [2.24, 2.45) is 11.8 Å². The van der Waals surface area contributed by atoms with Crippen LogP contribution < -0.4 is 0 Å². The van der Waals surface area contributed by atoms with Crippen LogP contribution in [0.1, 0.15) is 27.7 Å². The van der Waals surface area contributed by atoms with E-state index in [1.165, 1.54) is 0 Å². The van der Waals surface area contributed by atoms with Gasteiger partial charge in [-0.05, 0) is 51.1 Å². The minimum atomic E-state index is -1.53. The molecule has 0 heterocycles. The molecule has 0 bridgehead atoms.